The van der Waals surface area contributed by atoms with Gasteiger partial charge in [-0.1, -0.05) is 13.8 Å². The number of thiophene rings is 1. The summed E-state index contributed by atoms with van der Waals surface area (Å²) in [6, 6.07) is 1.95. The number of nitrogens with zero attached hydrogens (tertiary/aromatic N) is 3. The summed E-state index contributed by atoms with van der Waals surface area (Å²) in [6.07, 6.45) is 1.72. The average molecular weight is 424 g/mol. The molecule has 2 aromatic heterocycles. The first-order valence-electron chi connectivity index (χ1n) is 8.93. The van der Waals surface area contributed by atoms with Gasteiger partial charge in [-0.05, 0) is 57.3 Å². The van der Waals surface area contributed by atoms with Gasteiger partial charge in [-0.2, -0.15) is 0 Å². The Morgan fingerprint density at radius 3 is 2.57 bits per heavy atom. The van der Waals surface area contributed by atoms with Crippen LogP contribution in [0.1, 0.15) is 51.9 Å². The van der Waals surface area contributed by atoms with E-state index in [1.807, 2.05) is 13.1 Å². The quantitative estimate of drug-likeness (QED) is 0.359. The van der Waals surface area contributed by atoms with Crippen molar-refractivity contribution in [1.29, 1.82) is 0 Å². The van der Waals surface area contributed by atoms with E-state index in [1.165, 1.54) is 23.3 Å². The van der Waals surface area contributed by atoms with Crippen molar-refractivity contribution in [1.82, 2.24) is 4.31 Å². The van der Waals surface area contributed by atoms with Crippen LogP contribution in [0, 0.1) is 0 Å². The Balaban J connectivity index is 2.09. The monoisotopic (exact) mass is 423 g/mol. The maximum Gasteiger partial charge on any atom is 0.167 e. The van der Waals surface area contributed by atoms with Gasteiger partial charge in [0.1, 0.15) is 15.7 Å². The minimum Gasteiger partial charge on any atom is -0.504 e. The van der Waals surface area contributed by atoms with Crippen molar-refractivity contribution in [3.05, 3.63) is 29.0 Å². The van der Waals surface area contributed by atoms with Gasteiger partial charge in [-0.25, -0.2) is 9.30 Å². The van der Waals surface area contributed by atoms with Crippen molar-refractivity contribution < 1.29 is 9.52 Å². The molecule has 0 amide bonds. The van der Waals surface area contributed by atoms with Gasteiger partial charge in [-0.3, -0.25) is 4.99 Å². The second-order valence-electron chi connectivity index (χ2n) is 7.72. The minimum absolute atomic E-state index is 0.0398. The van der Waals surface area contributed by atoms with Crippen molar-refractivity contribution in [3.63, 3.8) is 0 Å². The van der Waals surface area contributed by atoms with Gasteiger partial charge in [-0.15, -0.1) is 11.3 Å². The van der Waals surface area contributed by atoms with E-state index < -0.39 is 0 Å². The lowest BCUT2D eigenvalue weighted by atomic mass is 10.1. The van der Waals surface area contributed by atoms with Crippen LogP contribution in [0.4, 0.5) is 5.69 Å². The Labute approximate surface area is 174 Å². The van der Waals surface area contributed by atoms with Crippen LogP contribution < -0.4 is 11.5 Å². The highest BCUT2D eigenvalue weighted by Crippen LogP contribution is 2.44. The molecule has 0 saturated heterocycles. The Bertz CT molecular complexity index is 862. The Kier molecular flexibility index (Phi) is 7.19. The molecule has 0 aliphatic rings. The van der Waals surface area contributed by atoms with Crippen molar-refractivity contribution in [2.45, 2.75) is 56.8 Å². The zero-order chi connectivity index (χ0) is 21.1. The third-order valence-electron chi connectivity index (χ3n) is 4.13. The van der Waals surface area contributed by atoms with Crippen LogP contribution in [0.15, 0.2) is 36.3 Å². The van der Waals surface area contributed by atoms with E-state index in [9.17, 15) is 5.11 Å². The maximum absolute atomic E-state index is 10.4. The lowest BCUT2D eigenvalue weighted by Gasteiger charge is -2.29. The second-order valence-corrected chi connectivity index (χ2v) is 9.99. The summed E-state index contributed by atoms with van der Waals surface area (Å²) in [5.41, 5.74) is 13.3. The molecule has 0 aliphatic carbocycles. The number of nitrogens with two attached hydrogens (primary N) is 2. The predicted octanol–water partition coefficient (Wildman–Crippen LogP) is 4.45. The molecule has 2 heterocycles. The number of hydrogen-bond acceptors (Lipinski definition) is 7. The fraction of sp³-hybridized carbons (Fsp3) is 0.474. The third kappa shape index (κ3) is 5.76. The minimum atomic E-state index is -0.0398. The highest BCUT2D eigenvalue weighted by Gasteiger charge is 2.21. The summed E-state index contributed by atoms with van der Waals surface area (Å²) in [7, 11) is 1.98. The molecule has 0 unspecified atom stereocenters. The van der Waals surface area contributed by atoms with Crippen LogP contribution in [-0.2, 0) is 6.54 Å². The highest BCUT2D eigenvalue weighted by molar-refractivity contribution is 7.99. The first kappa shape index (κ1) is 22.3. The number of aromatic hydroxyl groups is 1. The van der Waals surface area contributed by atoms with Crippen LogP contribution in [0.5, 0.6) is 5.75 Å². The summed E-state index contributed by atoms with van der Waals surface area (Å²) in [6.45, 7) is 10.8. The molecule has 5 N–H and O–H groups in total. The van der Waals surface area contributed by atoms with Gasteiger partial charge in [0.25, 0.3) is 0 Å². The van der Waals surface area contributed by atoms with Crippen LogP contribution in [0.2, 0.25) is 0 Å². The van der Waals surface area contributed by atoms with Gasteiger partial charge in [0.15, 0.2) is 17.4 Å². The standard InChI is InChI=1S/C19H29N5O2S2/c1-11(2)12-7-13(26-9-12)8-22-16(20)17(21)23-14-10-27-18(15(14)25)28-24(6)19(3,4)5/h7,9-11,25H,8H2,1-6H3,(H2,20,22)(H2,21,23). The molecular formula is C19H29N5O2S2. The molecule has 0 saturated carbocycles. The zero-order valence-electron chi connectivity index (χ0n) is 17.2. The van der Waals surface area contributed by atoms with E-state index >= 15 is 0 Å². The first-order chi connectivity index (χ1) is 13.0. The number of furan rings is 1. The number of aliphatic imine (C=N–C) groups is 2. The van der Waals surface area contributed by atoms with E-state index in [0.29, 0.717) is 17.4 Å². The van der Waals surface area contributed by atoms with E-state index in [0.717, 1.165) is 9.77 Å². The summed E-state index contributed by atoms with van der Waals surface area (Å²) < 4.78 is 8.29. The highest BCUT2D eigenvalue weighted by atomic mass is 32.2. The van der Waals surface area contributed by atoms with Gasteiger partial charge in [0.05, 0.1) is 12.8 Å². The lowest BCUT2D eigenvalue weighted by molar-refractivity contribution is 0.319. The maximum atomic E-state index is 10.4. The molecule has 7 nitrogen and oxygen atoms in total. The second kappa shape index (κ2) is 9.02. The molecule has 0 fully saturated rings. The van der Waals surface area contributed by atoms with Crippen LogP contribution >= 0.6 is 23.3 Å². The third-order valence-corrected chi connectivity index (χ3v) is 6.57. The number of rotatable bonds is 6. The van der Waals surface area contributed by atoms with Crippen molar-refractivity contribution >= 4 is 40.6 Å². The zero-order valence-corrected chi connectivity index (χ0v) is 18.8. The normalized spacial score (nSPS) is 13.7. The molecule has 2 rings (SSSR count). The molecule has 0 radical (unpaired) electrons. The molecule has 0 spiro atoms. The van der Waals surface area contributed by atoms with Crippen molar-refractivity contribution in [2.24, 2.45) is 21.5 Å². The van der Waals surface area contributed by atoms with Gasteiger partial charge >= 0.3 is 0 Å². The van der Waals surface area contributed by atoms with Crippen molar-refractivity contribution in [3.8, 4) is 5.75 Å². The molecule has 154 valence electrons. The molecule has 0 bridgehead atoms. The fourth-order valence-electron chi connectivity index (χ4n) is 1.95. The molecule has 2 aromatic rings. The van der Waals surface area contributed by atoms with E-state index in [1.54, 1.807) is 11.6 Å². The number of amidine groups is 2. The lowest BCUT2D eigenvalue weighted by Crippen LogP contribution is -2.32. The molecule has 0 aliphatic heterocycles. The van der Waals surface area contributed by atoms with E-state index in [-0.39, 0.29) is 29.5 Å². The van der Waals surface area contributed by atoms with Crippen LogP contribution in [-0.4, -0.2) is 33.7 Å². The average Bonchev–Trinajstić information content (AvgIpc) is 3.21. The molecule has 28 heavy (non-hydrogen) atoms. The number of hydrogen-bond donors (Lipinski definition) is 3. The van der Waals surface area contributed by atoms with Gasteiger partial charge < -0.3 is 21.0 Å². The fourth-order valence-corrected chi connectivity index (χ4v) is 3.91. The van der Waals surface area contributed by atoms with Crippen LogP contribution in [0.25, 0.3) is 0 Å². The van der Waals surface area contributed by atoms with E-state index in [4.69, 9.17) is 15.9 Å². The van der Waals surface area contributed by atoms with Gasteiger partial charge in [0, 0.05) is 10.9 Å². The SMILES string of the molecule is CC(C)c1coc(CN=C(N)C(N)=Nc2csc(SN(C)C(C)(C)C)c2O)c1. The molecule has 9 heteroatoms. The molecule has 0 atom stereocenters. The summed E-state index contributed by atoms with van der Waals surface area (Å²) in [5, 5.41) is 12.2. The molecular weight excluding hydrogens is 394 g/mol. The van der Waals surface area contributed by atoms with Gasteiger partial charge in [0.2, 0.25) is 0 Å². The summed E-state index contributed by atoms with van der Waals surface area (Å²) in [5.74, 6) is 1.35. The predicted molar refractivity (Wildman–Crippen MR) is 119 cm³/mol. The Morgan fingerprint density at radius 2 is 2.00 bits per heavy atom. The van der Waals surface area contributed by atoms with Crippen molar-refractivity contribution in [2.75, 3.05) is 7.05 Å². The van der Waals surface area contributed by atoms with E-state index in [2.05, 4.69) is 48.9 Å². The topological polar surface area (TPSA) is 113 Å². The summed E-state index contributed by atoms with van der Waals surface area (Å²) >= 11 is 2.87. The largest absolute Gasteiger partial charge is 0.504 e. The summed E-state index contributed by atoms with van der Waals surface area (Å²) in [4.78, 5) is 8.46. The first-order valence-corrected chi connectivity index (χ1v) is 10.6. The van der Waals surface area contributed by atoms with Crippen LogP contribution in [0.3, 0.4) is 0 Å². The Morgan fingerprint density at radius 1 is 1.32 bits per heavy atom. The molecule has 0 aromatic carbocycles. The Hall–Kier alpha value is -1.97. The smallest absolute Gasteiger partial charge is 0.167 e.